The van der Waals surface area contributed by atoms with Gasteiger partial charge in [0, 0.05) is 12.1 Å². The molecule has 4 rings (SSSR count). The minimum absolute atomic E-state index is 0.167. The molecule has 0 aromatic heterocycles. The molecular weight excluding hydrogens is 368 g/mol. The minimum atomic E-state index is -3.66. The summed E-state index contributed by atoms with van der Waals surface area (Å²) < 4.78 is 37.2. The molecule has 1 N–H and O–H groups in total. The Labute approximate surface area is 160 Å². The maximum absolute atomic E-state index is 12.9. The summed E-state index contributed by atoms with van der Waals surface area (Å²) in [6.07, 6.45) is 5.70. The molecule has 4 atom stereocenters. The van der Waals surface area contributed by atoms with Gasteiger partial charge in [-0.05, 0) is 50.2 Å². The zero-order valence-electron chi connectivity index (χ0n) is 15.7. The van der Waals surface area contributed by atoms with Crippen molar-refractivity contribution >= 4 is 21.6 Å². The van der Waals surface area contributed by atoms with E-state index in [2.05, 4.69) is 5.32 Å². The third-order valence-electron chi connectivity index (χ3n) is 5.93. The standard InChI is InChI=1S/C19H26N2O5S/c1-12(19(22)20-16-10-13-3-4-14(16)9-13)21(27(2,23)24)15-5-6-17-18(11-15)26-8-7-25-17/h5-6,11-14,16H,3-4,7-10H2,1-2H3,(H,20,22)/t12-,13-,14-,16+/m0/s1. The largest absolute Gasteiger partial charge is 0.486 e. The van der Waals surface area contributed by atoms with Crippen molar-refractivity contribution in [2.75, 3.05) is 23.8 Å². The summed E-state index contributed by atoms with van der Waals surface area (Å²) in [4.78, 5) is 12.9. The number of rotatable bonds is 5. The average molecular weight is 394 g/mol. The Hall–Kier alpha value is -1.96. The SMILES string of the molecule is C[C@@H](C(=O)N[C@@H]1C[C@H]2CC[C@H]1C2)N(c1ccc2c(c1)OCCO2)S(C)(=O)=O. The number of hydrogen-bond acceptors (Lipinski definition) is 5. The molecule has 0 unspecified atom stereocenters. The van der Waals surface area contributed by atoms with Crippen LogP contribution in [0.1, 0.15) is 32.6 Å². The molecule has 0 saturated heterocycles. The predicted molar refractivity (Wildman–Crippen MR) is 102 cm³/mol. The van der Waals surface area contributed by atoms with Crippen LogP contribution in [0.5, 0.6) is 11.5 Å². The van der Waals surface area contributed by atoms with Crippen LogP contribution in [0.2, 0.25) is 0 Å². The van der Waals surface area contributed by atoms with Crippen LogP contribution in [0, 0.1) is 11.8 Å². The first-order valence-corrected chi connectivity index (χ1v) is 11.4. The molecule has 1 amide bonds. The van der Waals surface area contributed by atoms with Gasteiger partial charge in [0.25, 0.3) is 0 Å². The van der Waals surface area contributed by atoms with E-state index >= 15 is 0 Å². The molecule has 3 aliphatic rings. The predicted octanol–water partition coefficient (Wildman–Crippen LogP) is 1.92. The lowest BCUT2D eigenvalue weighted by atomic mass is 9.95. The van der Waals surface area contributed by atoms with Crippen molar-refractivity contribution in [1.29, 1.82) is 0 Å². The molecule has 2 fully saturated rings. The second kappa shape index (κ2) is 6.89. The quantitative estimate of drug-likeness (QED) is 0.825. The van der Waals surface area contributed by atoms with E-state index < -0.39 is 16.1 Å². The number of benzene rings is 1. The average Bonchev–Trinajstić information content (AvgIpc) is 3.23. The second-order valence-electron chi connectivity index (χ2n) is 7.85. The molecular formula is C19H26N2O5S. The van der Waals surface area contributed by atoms with Gasteiger partial charge in [-0.15, -0.1) is 0 Å². The molecule has 1 heterocycles. The molecule has 27 heavy (non-hydrogen) atoms. The number of anilines is 1. The van der Waals surface area contributed by atoms with E-state index in [1.165, 1.54) is 12.8 Å². The normalized spacial score (nSPS) is 27.3. The lowest BCUT2D eigenvalue weighted by Crippen LogP contribution is -2.51. The van der Waals surface area contributed by atoms with Gasteiger partial charge in [-0.3, -0.25) is 9.10 Å². The summed E-state index contributed by atoms with van der Waals surface area (Å²) in [6, 6.07) is 4.28. The van der Waals surface area contributed by atoms with Crippen molar-refractivity contribution in [2.24, 2.45) is 11.8 Å². The second-order valence-corrected chi connectivity index (χ2v) is 9.71. The fourth-order valence-electron chi connectivity index (χ4n) is 4.70. The van der Waals surface area contributed by atoms with Crippen molar-refractivity contribution < 1.29 is 22.7 Å². The van der Waals surface area contributed by atoms with Crippen LogP contribution in [0.3, 0.4) is 0 Å². The summed E-state index contributed by atoms with van der Waals surface area (Å²) in [7, 11) is -3.66. The number of amides is 1. The number of nitrogens with zero attached hydrogens (tertiary/aromatic N) is 1. The van der Waals surface area contributed by atoms with Crippen LogP contribution in [0.25, 0.3) is 0 Å². The zero-order chi connectivity index (χ0) is 19.2. The zero-order valence-corrected chi connectivity index (χ0v) is 16.5. The van der Waals surface area contributed by atoms with Gasteiger partial charge in [0.1, 0.15) is 19.3 Å². The molecule has 2 bridgehead atoms. The molecule has 7 nitrogen and oxygen atoms in total. The maximum atomic E-state index is 12.9. The van der Waals surface area contributed by atoms with Gasteiger partial charge in [-0.25, -0.2) is 8.42 Å². The van der Waals surface area contributed by atoms with Crippen LogP contribution < -0.4 is 19.1 Å². The molecule has 8 heteroatoms. The lowest BCUT2D eigenvalue weighted by Gasteiger charge is -2.31. The number of hydrogen-bond donors (Lipinski definition) is 1. The Morgan fingerprint density at radius 3 is 2.56 bits per heavy atom. The number of ether oxygens (including phenoxy) is 2. The smallest absolute Gasteiger partial charge is 0.243 e. The molecule has 1 aromatic rings. The molecule has 0 radical (unpaired) electrons. The highest BCUT2D eigenvalue weighted by molar-refractivity contribution is 7.92. The number of carbonyl (C=O) groups excluding carboxylic acids is 1. The van der Waals surface area contributed by atoms with Gasteiger partial charge >= 0.3 is 0 Å². The van der Waals surface area contributed by atoms with Gasteiger partial charge < -0.3 is 14.8 Å². The summed E-state index contributed by atoms with van der Waals surface area (Å²) in [5.74, 6) is 2.06. The maximum Gasteiger partial charge on any atom is 0.243 e. The third kappa shape index (κ3) is 3.59. The highest BCUT2D eigenvalue weighted by Gasteiger charge is 2.41. The van der Waals surface area contributed by atoms with Gasteiger partial charge in [0.2, 0.25) is 15.9 Å². The van der Waals surface area contributed by atoms with Gasteiger partial charge in [-0.2, -0.15) is 0 Å². The fraction of sp³-hybridized carbons (Fsp3) is 0.632. The van der Waals surface area contributed by atoms with Gasteiger partial charge in [0.15, 0.2) is 11.5 Å². The van der Waals surface area contributed by atoms with Crippen LogP contribution in [-0.4, -0.2) is 45.9 Å². The number of nitrogens with one attached hydrogen (secondary N) is 1. The van der Waals surface area contributed by atoms with E-state index in [1.807, 2.05) is 0 Å². The van der Waals surface area contributed by atoms with Crippen molar-refractivity contribution in [3.63, 3.8) is 0 Å². The first kappa shape index (κ1) is 18.4. The van der Waals surface area contributed by atoms with Gasteiger partial charge in [-0.1, -0.05) is 6.42 Å². The lowest BCUT2D eigenvalue weighted by molar-refractivity contribution is -0.122. The van der Waals surface area contributed by atoms with E-state index in [0.29, 0.717) is 42.2 Å². The number of sulfonamides is 1. The van der Waals surface area contributed by atoms with E-state index in [9.17, 15) is 13.2 Å². The molecule has 148 valence electrons. The van der Waals surface area contributed by atoms with Crippen molar-refractivity contribution in [3.05, 3.63) is 18.2 Å². The van der Waals surface area contributed by atoms with E-state index in [-0.39, 0.29) is 11.9 Å². The first-order chi connectivity index (χ1) is 12.8. The first-order valence-electron chi connectivity index (χ1n) is 9.52. The van der Waals surface area contributed by atoms with Gasteiger partial charge in [0.05, 0.1) is 11.9 Å². The summed E-state index contributed by atoms with van der Waals surface area (Å²) >= 11 is 0. The van der Waals surface area contributed by atoms with Crippen LogP contribution in [0.15, 0.2) is 18.2 Å². The van der Waals surface area contributed by atoms with Crippen molar-refractivity contribution in [2.45, 2.75) is 44.7 Å². The number of fused-ring (bicyclic) bond motifs is 3. The summed E-state index contributed by atoms with van der Waals surface area (Å²) in [5, 5.41) is 3.09. The Morgan fingerprint density at radius 1 is 1.19 bits per heavy atom. The highest BCUT2D eigenvalue weighted by atomic mass is 32.2. The number of carbonyl (C=O) groups is 1. The van der Waals surface area contributed by atoms with Crippen LogP contribution in [0.4, 0.5) is 5.69 Å². The van der Waals surface area contributed by atoms with Crippen LogP contribution >= 0.6 is 0 Å². The molecule has 1 aliphatic heterocycles. The topological polar surface area (TPSA) is 84.9 Å². The van der Waals surface area contributed by atoms with Crippen molar-refractivity contribution in [1.82, 2.24) is 5.32 Å². The Balaban J connectivity index is 1.55. The Bertz CT molecular complexity index is 841. The molecule has 1 aromatic carbocycles. The van der Waals surface area contributed by atoms with E-state index in [1.54, 1.807) is 25.1 Å². The third-order valence-corrected chi connectivity index (χ3v) is 7.18. The monoisotopic (exact) mass is 394 g/mol. The minimum Gasteiger partial charge on any atom is -0.486 e. The summed E-state index contributed by atoms with van der Waals surface area (Å²) in [5.41, 5.74) is 0.400. The highest BCUT2D eigenvalue weighted by Crippen LogP contribution is 2.44. The van der Waals surface area contributed by atoms with E-state index in [0.717, 1.165) is 23.4 Å². The van der Waals surface area contributed by atoms with Crippen LogP contribution in [-0.2, 0) is 14.8 Å². The molecule has 2 saturated carbocycles. The molecule has 2 aliphatic carbocycles. The fourth-order valence-corrected chi connectivity index (χ4v) is 5.87. The molecule has 0 spiro atoms. The Kier molecular flexibility index (Phi) is 4.70. The van der Waals surface area contributed by atoms with E-state index in [4.69, 9.17) is 9.47 Å². The Morgan fingerprint density at radius 2 is 1.93 bits per heavy atom. The van der Waals surface area contributed by atoms with Crippen molar-refractivity contribution in [3.8, 4) is 11.5 Å². The summed E-state index contributed by atoms with van der Waals surface area (Å²) in [6.45, 7) is 2.50.